The number of carbonyl (C=O) groups is 1. The van der Waals surface area contributed by atoms with Crippen LogP contribution in [0.3, 0.4) is 0 Å². The lowest BCUT2D eigenvalue weighted by Gasteiger charge is -2.08. The maximum atomic E-state index is 12.2. The second-order valence-corrected chi connectivity index (χ2v) is 4.28. The number of nitrogens with zero attached hydrogens (tertiary/aromatic N) is 2. The van der Waals surface area contributed by atoms with Gasteiger partial charge >= 0.3 is 0 Å². The largest absolute Gasteiger partial charge is 0.373 e. The van der Waals surface area contributed by atoms with E-state index < -0.39 is 0 Å². The second kappa shape index (κ2) is 5.85. The Morgan fingerprint density at radius 1 is 1.30 bits per heavy atom. The summed E-state index contributed by atoms with van der Waals surface area (Å²) in [5, 5.41) is 14.5. The molecule has 5 heteroatoms. The Morgan fingerprint density at radius 3 is 2.80 bits per heavy atom. The van der Waals surface area contributed by atoms with Crippen molar-refractivity contribution >= 4 is 17.4 Å². The number of hydrogen-bond donors (Lipinski definition) is 2. The van der Waals surface area contributed by atoms with Crippen LogP contribution in [0.4, 0.5) is 11.5 Å². The van der Waals surface area contributed by atoms with Gasteiger partial charge in [0.15, 0.2) is 0 Å². The van der Waals surface area contributed by atoms with E-state index >= 15 is 0 Å². The third kappa shape index (κ3) is 3.12. The number of nitrogens with one attached hydrogen (secondary N) is 2. The summed E-state index contributed by atoms with van der Waals surface area (Å²) in [4.78, 5) is 16.4. The molecule has 1 aromatic carbocycles. The van der Waals surface area contributed by atoms with Crippen molar-refractivity contribution < 1.29 is 4.79 Å². The van der Waals surface area contributed by atoms with Crippen molar-refractivity contribution in [3.8, 4) is 6.07 Å². The molecule has 20 heavy (non-hydrogen) atoms. The highest BCUT2D eigenvalue weighted by Crippen LogP contribution is 2.14. The number of benzene rings is 1. The summed E-state index contributed by atoms with van der Waals surface area (Å²) < 4.78 is 0. The van der Waals surface area contributed by atoms with Crippen LogP contribution >= 0.6 is 0 Å². The van der Waals surface area contributed by atoms with Gasteiger partial charge in [-0.25, -0.2) is 4.98 Å². The van der Waals surface area contributed by atoms with Crippen LogP contribution in [0.1, 0.15) is 21.6 Å². The van der Waals surface area contributed by atoms with Crippen LogP contribution < -0.4 is 10.6 Å². The normalized spacial score (nSPS) is 9.65. The molecule has 0 spiro atoms. The molecule has 1 amide bonds. The number of anilines is 2. The first kappa shape index (κ1) is 13.6. The van der Waals surface area contributed by atoms with E-state index in [1.165, 1.54) is 0 Å². The summed E-state index contributed by atoms with van der Waals surface area (Å²) in [7, 11) is 1.75. The molecule has 2 aromatic rings. The third-order valence-electron chi connectivity index (χ3n) is 2.72. The fourth-order valence-electron chi connectivity index (χ4n) is 1.80. The fourth-order valence-corrected chi connectivity index (χ4v) is 1.80. The molecule has 0 saturated carbocycles. The number of aryl methyl sites for hydroxylation is 1. The monoisotopic (exact) mass is 266 g/mol. The highest BCUT2D eigenvalue weighted by atomic mass is 16.1. The van der Waals surface area contributed by atoms with E-state index in [9.17, 15) is 4.79 Å². The lowest BCUT2D eigenvalue weighted by Crippen LogP contribution is -2.13. The highest BCUT2D eigenvalue weighted by molar-refractivity contribution is 6.04. The van der Waals surface area contributed by atoms with Gasteiger partial charge in [0.05, 0.1) is 11.6 Å². The molecule has 2 rings (SSSR count). The van der Waals surface area contributed by atoms with Crippen molar-refractivity contribution in [3.05, 3.63) is 53.2 Å². The van der Waals surface area contributed by atoms with Gasteiger partial charge in [-0.3, -0.25) is 4.79 Å². The van der Waals surface area contributed by atoms with E-state index in [0.29, 0.717) is 22.6 Å². The number of carbonyl (C=O) groups excluding carboxylic acids is 1. The maximum absolute atomic E-state index is 12.2. The van der Waals surface area contributed by atoms with Gasteiger partial charge in [0.1, 0.15) is 5.82 Å². The summed E-state index contributed by atoms with van der Waals surface area (Å²) in [5.41, 5.74) is 2.37. The van der Waals surface area contributed by atoms with Gasteiger partial charge in [0, 0.05) is 24.0 Å². The first-order valence-electron chi connectivity index (χ1n) is 6.10. The molecule has 0 radical (unpaired) electrons. The summed E-state index contributed by atoms with van der Waals surface area (Å²) in [5.74, 6) is 0.406. The average molecular weight is 266 g/mol. The Morgan fingerprint density at radius 2 is 2.10 bits per heavy atom. The van der Waals surface area contributed by atoms with E-state index in [2.05, 4.69) is 15.6 Å². The van der Waals surface area contributed by atoms with E-state index in [-0.39, 0.29) is 5.91 Å². The molecule has 0 aliphatic rings. The average Bonchev–Trinajstić information content (AvgIpc) is 2.46. The molecular weight excluding hydrogens is 252 g/mol. The quantitative estimate of drug-likeness (QED) is 0.895. The molecule has 1 aromatic heterocycles. The molecule has 0 saturated heterocycles. The standard InChI is InChI=1S/C15H14N4O/c1-10-6-12(8-14(17-2)18-10)15(20)19-13-5-3-4-11(7-13)9-16/h3-8H,1-2H3,(H,17,18)(H,19,20). The van der Waals surface area contributed by atoms with Crippen molar-refractivity contribution in [2.24, 2.45) is 0 Å². The van der Waals surface area contributed by atoms with Crippen molar-refractivity contribution in [2.45, 2.75) is 6.92 Å². The van der Waals surface area contributed by atoms with Crippen molar-refractivity contribution in [2.75, 3.05) is 17.7 Å². The Labute approximate surface area is 117 Å². The number of nitriles is 1. The summed E-state index contributed by atoms with van der Waals surface area (Å²) in [6.07, 6.45) is 0. The fraction of sp³-hybridized carbons (Fsp3) is 0.133. The SMILES string of the molecule is CNc1cc(C(=O)Nc2cccc(C#N)c2)cc(C)n1. The molecule has 0 fully saturated rings. The Bertz CT molecular complexity index is 689. The van der Waals surface area contributed by atoms with Crippen LogP contribution in [0.25, 0.3) is 0 Å². The molecule has 2 N–H and O–H groups in total. The zero-order chi connectivity index (χ0) is 14.5. The van der Waals surface area contributed by atoms with E-state index in [0.717, 1.165) is 5.69 Å². The van der Waals surface area contributed by atoms with Gasteiger partial charge in [-0.05, 0) is 37.3 Å². The number of rotatable bonds is 3. The molecular formula is C15H14N4O. The smallest absolute Gasteiger partial charge is 0.255 e. The second-order valence-electron chi connectivity index (χ2n) is 4.28. The van der Waals surface area contributed by atoms with Crippen LogP contribution in [0.2, 0.25) is 0 Å². The predicted octanol–water partition coefficient (Wildman–Crippen LogP) is 2.56. The van der Waals surface area contributed by atoms with Crippen LogP contribution in [0.5, 0.6) is 0 Å². The number of hydrogen-bond acceptors (Lipinski definition) is 4. The van der Waals surface area contributed by atoms with Crippen LogP contribution in [-0.2, 0) is 0 Å². The Kier molecular flexibility index (Phi) is 3.96. The van der Waals surface area contributed by atoms with Gasteiger partial charge in [0.25, 0.3) is 5.91 Å². The summed E-state index contributed by atoms with van der Waals surface area (Å²) in [6, 6.07) is 12.2. The van der Waals surface area contributed by atoms with E-state index in [1.807, 2.05) is 13.0 Å². The first-order valence-corrected chi connectivity index (χ1v) is 6.10. The highest BCUT2D eigenvalue weighted by Gasteiger charge is 2.09. The van der Waals surface area contributed by atoms with Crippen LogP contribution in [-0.4, -0.2) is 17.9 Å². The first-order chi connectivity index (χ1) is 9.62. The van der Waals surface area contributed by atoms with E-state index in [1.54, 1.807) is 43.4 Å². The number of pyridine rings is 1. The van der Waals surface area contributed by atoms with Gasteiger partial charge in [0.2, 0.25) is 0 Å². The van der Waals surface area contributed by atoms with Gasteiger partial charge in [-0.2, -0.15) is 5.26 Å². The van der Waals surface area contributed by atoms with Crippen LogP contribution in [0, 0.1) is 18.3 Å². The predicted molar refractivity (Wildman–Crippen MR) is 77.6 cm³/mol. The zero-order valence-electron chi connectivity index (χ0n) is 11.3. The zero-order valence-corrected chi connectivity index (χ0v) is 11.3. The number of amides is 1. The van der Waals surface area contributed by atoms with E-state index in [4.69, 9.17) is 5.26 Å². The number of aromatic nitrogens is 1. The molecule has 1 heterocycles. The minimum absolute atomic E-state index is 0.234. The van der Waals surface area contributed by atoms with Gasteiger partial charge in [-0.1, -0.05) is 6.07 Å². The molecule has 5 nitrogen and oxygen atoms in total. The minimum Gasteiger partial charge on any atom is -0.373 e. The molecule has 100 valence electrons. The van der Waals surface area contributed by atoms with Gasteiger partial charge in [-0.15, -0.1) is 0 Å². The summed E-state index contributed by atoms with van der Waals surface area (Å²) in [6.45, 7) is 1.83. The third-order valence-corrected chi connectivity index (χ3v) is 2.72. The van der Waals surface area contributed by atoms with Gasteiger partial charge < -0.3 is 10.6 Å². The Hall–Kier alpha value is -2.87. The van der Waals surface area contributed by atoms with Crippen molar-refractivity contribution in [1.82, 2.24) is 4.98 Å². The van der Waals surface area contributed by atoms with Crippen molar-refractivity contribution in [1.29, 1.82) is 5.26 Å². The molecule has 0 aliphatic carbocycles. The lowest BCUT2D eigenvalue weighted by atomic mass is 10.2. The molecule has 0 bridgehead atoms. The molecule has 0 aliphatic heterocycles. The lowest BCUT2D eigenvalue weighted by molar-refractivity contribution is 0.102. The Balaban J connectivity index is 2.23. The van der Waals surface area contributed by atoms with Crippen LogP contribution in [0.15, 0.2) is 36.4 Å². The molecule has 0 atom stereocenters. The van der Waals surface area contributed by atoms with Crippen molar-refractivity contribution in [3.63, 3.8) is 0 Å². The topological polar surface area (TPSA) is 77.8 Å². The summed E-state index contributed by atoms with van der Waals surface area (Å²) >= 11 is 0. The maximum Gasteiger partial charge on any atom is 0.255 e. The minimum atomic E-state index is -0.234. The molecule has 0 unspecified atom stereocenters.